The standard InChI is InChI=1S/C7H11N3OS2/c1-4(2)3-11-5-8-6(12)10-7(13)9-5/h4H,3H2,1-2H3,(H2,8,9,10,12,13). The number of hydrogen-bond donors (Lipinski definition) is 2. The van der Waals surface area contributed by atoms with Gasteiger partial charge in [0.15, 0.2) is 4.77 Å². The molecule has 1 aromatic heterocycles. The van der Waals surface area contributed by atoms with Gasteiger partial charge >= 0.3 is 0 Å². The van der Waals surface area contributed by atoms with Crippen LogP contribution in [0.5, 0.6) is 6.01 Å². The summed E-state index contributed by atoms with van der Waals surface area (Å²) in [7, 11) is 0. The van der Waals surface area contributed by atoms with Crippen molar-refractivity contribution in [1.29, 1.82) is 0 Å². The Labute approximate surface area is 86.4 Å². The maximum absolute atomic E-state index is 5.31. The molecule has 0 bridgehead atoms. The van der Waals surface area contributed by atoms with Crippen molar-refractivity contribution in [1.82, 2.24) is 15.0 Å². The van der Waals surface area contributed by atoms with E-state index in [1.165, 1.54) is 0 Å². The van der Waals surface area contributed by atoms with Crippen LogP contribution in [-0.2, 0) is 0 Å². The molecule has 4 nitrogen and oxygen atoms in total. The van der Waals surface area contributed by atoms with Gasteiger partial charge in [-0.15, -0.1) is 0 Å². The van der Waals surface area contributed by atoms with Crippen molar-refractivity contribution in [3.05, 3.63) is 9.54 Å². The summed E-state index contributed by atoms with van der Waals surface area (Å²) < 4.78 is 6.07. The van der Waals surface area contributed by atoms with E-state index in [9.17, 15) is 0 Å². The second-order valence-electron chi connectivity index (χ2n) is 3.01. The highest BCUT2D eigenvalue weighted by molar-refractivity contribution is 7.71. The number of rotatable bonds is 3. The molecule has 0 aromatic carbocycles. The van der Waals surface area contributed by atoms with Gasteiger partial charge in [-0.25, -0.2) is 0 Å². The van der Waals surface area contributed by atoms with Crippen molar-refractivity contribution < 1.29 is 4.74 Å². The van der Waals surface area contributed by atoms with Crippen molar-refractivity contribution in [2.24, 2.45) is 5.92 Å². The molecule has 0 amide bonds. The number of nitrogens with zero attached hydrogens (tertiary/aromatic N) is 1. The van der Waals surface area contributed by atoms with Crippen molar-refractivity contribution in [3.8, 4) is 6.01 Å². The van der Waals surface area contributed by atoms with E-state index in [4.69, 9.17) is 29.2 Å². The van der Waals surface area contributed by atoms with Crippen LogP contribution in [-0.4, -0.2) is 21.6 Å². The molecule has 0 spiro atoms. The Kier molecular flexibility index (Phi) is 3.56. The molecule has 0 atom stereocenters. The molecule has 1 rings (SSSR count). The zero-order valence-electron chi connectivity index (χ0n) is 7.46. The van der Waals surface area contributed by atoms with Crippen LogP contribution >= 0.6 is 24.4 Å². The molecule has 72 valence electrons. The zero-order valence-corrected chi connectivity index (χ0v) is 9.09. The highest BCUT2D eigenvalue weighted by atomic mass is 32.1. The molecule has 1 aromatic rings. The average molecular weight is 217 g/mol. The molecule has 0 unspecified atom stereocenters. The molecule has 1 heterocycles. The van der Waals surface area contributed by atoms with Gasteiger partial charge in [0.25, 0.3) is 6.01 Å². The third-order valence-corrected chi connectivity index (χ3v) is 1.59. The van der Waals surface area contributed by atoms with Gasteiger partial charge in [-0.3, -0.25) is 4.98 Å². The van der Waals surface area contributed by atoms with Crippen molar-refractivity contribution in [2.45, 2.75) is 13.8 Å². The fourth-order valence-electron chi connectivity index (χ4n) is 0.688. The van der Waals surface area contributed by atoms with Gasteiger partial charge in [0.05, 0.1) is 6.61 Å². The third-order valence-electron chi connectivity index (χ3n) is 1.20. The van der Waals surface area contributed by atoms with Crippen LogP contribution < -0.4 is 4.74 Å². The van der Waals surface area contributed by atoms with Gasteiger partial charge in [0.2, 0.25) is 4.77 Å². The number of nitrogens with one attached hydrogen (secondary N) is 2. The molecular formula is C7H11N3OS2. The molecule has 13 heavy (non-hydrogen) atoms. The van der Waals surface area contributed by atoms with Gasteiger partial charge in [-0.2, -0.15) is 4.98 Å². The Morgan fingerprint density at radius 2 is 2.08 bits per heavy atom. The van der Waals surface area contributed by atoms with E-state index in [-0.39, 0.29) is 0 Å². The predicted molar refractivity (Wildman–Crippen MR) is 54.9 cm³/mol. The van der Waals surface area contributed by atoms with Gasteiger partial charge in [-0.05, 0) is 30.4 Å². The minimum absolute atomic E-state index is 0.336. The molecule has 0 aliphatic carbocycles. The minimum Gasteiger partial charge on any atom is -0.464 e. The summed E-state index contributed by atoms with van der Waals surface area (Å²) in [5.41, 5.74) is 0. The van der Waals surface area contributed by atoms with E-state index in [2.05, 4.69) is 28.8 Å². The second-order valence-corrected chi connectivity index (χ2v) is 3.80. The van der Waals surface area contributed by atoms with E-state index in [0.717, 1.165) is 0 Å². The summed E-state index contributed by atoms with van der Waals surface area (Å²) >= 11 is 9.70. The topological polar surface area (TPSA) is 53.7 Å². The van der Waals surface area contributed by atoms with Crippen LogP contribution in [0.1, 0.15) is 13.8 Å². The van der Waals surface area contributed by atoms with E-state index in [1.54, 1.807) is 0 Å². The first kappa shape index (κ1) is 10.3. The fourth-order valence-corrected chi connectivity index (χ4v) is 1.12. The lowest BCUT2D eigenvalue weighted by Gasteiger charge is -2.06. The third kappa shape index (κ3) is 3.65. The monoisotopic (exact) mass is 217 g/mol. The number of H-pyrrole nitrogens is 2. The lowest BCUT2D eigenvalue weighted by atomic mass is 10.2. The maximum atomic E-state index is 5.31. The first-order chi connectivity index (χ1) is 6.08. The lowest BCUT2D eigenvalue weighted by Crippen LogP contribution is -2.07. The maximum Gasteiger partial charge on any atom is 0.298 e. The van der Waals surface area contributed by atoms with E-state index < -0.39 is 0 Å². The normalized spacial score (nSPS) is 10.4. The molecule has 0 saturated carbocycles. The minimum atomic E-state index is 0.336. The van der Waals surface area contributed by atoms with Gasteiger partial charge in [0, 0.05) is 0 Å². The van der Waals surface area contributed by atoms with E-state index >= 15 is 0 Å². The fraction of sp³-hybridized carbons (Fsp3) is 0.571. The molecule has 2 N–H and O–H groups in total. The molecule has 0 fully saturated rings. The van der Waals surface area contributed by atoms with Crippen LogP contribution in [0, 0.1) is 15.5 Å². The van der Waals surface area contributed by atoms with E-state index in [0.29, 0.717) is 28.1 Å². The Hall–Kier alpha value is -0.750. The Morgan fingerprint density at radius 1 is 1.38 bits per heavy atom. The second kappa shape index (κ2) is 4.48. The first-order valence-corrected chi connectivity index (χ1v) is 4.73. The highest BCUT2D eigenvalue weighted by Crippen LogP contribution is 2.01. The molecular weight excluding hydrogens is 206 g/mol. The van der Waals surface area contributed by atoms with Crippen molar-refractivity contribution in [2.75, 3.05) is 6.61 Å². The summed E-state index contributed by atoms with van der Waals surface area (Å²) in [5.74, 6) is 0.446. The van der Waals surface area contributed by atoms with Gasteiger partial charge in [-0.1, -0.05) is 13.8 Å². The van der Waals surface area contributed by atoms with Crippen LogP contribution in [0.25, 0.3) is 0 Å². The van der Waals surface area contributed by atoms with Crippen molar-refractivity contribution in [3.63, 3.8) is 0 Å². The smallest absolute Gasteiger partial charge is 0.298 e. The first-order valence-electron chi connectivity index (χ1n) is 3.91. The SMILES string of the molecule is CC(C)COc1nc(=S)[nH]c(=S)[nH]1. The molecule has 0 saturated heterocycles. The summed E-state index contributed by atoms with van der Waals surface area (Å²) in [4.78, 5) is 9.36. The Balaban J connectivity index is 2.78. The zero-order chi connectivity index (χ0) is 9.84. The van der Waals surface area contributed by atoms with Crippen LogP contribution in [0.4, 0.5) is 0 Å². The Bertz CT molecular complexity index is 354. The number of aromatic amines is 2. The number of hydrogen-bond acceptors (Lipinski definition) is 4. The predicted octanol–water partition coefficient (Wildman–Crippen LogP) is 2.23. The summed E-state index contributed by atoms with van der Waals surface area (Å²) in [6, 6.07) is 0.377. The van der Waals surface area contributed by atoms with E-state index in [1.807, 2.05) is 0 Å². The summed E-state index contributed by atoms with van der Waals surface area (Å²) in [5, 5.41) is 0. The molecule has 0 aliphatic heterocycles. The number of ether oxygens (including phenoxy) is 1. The van der Waals surface area contributed by atoms with Crippen LogP contribution in [0.15, 0.2) is 0 Å². The van der Waals surface area contributed by atoms with Gasteiger partial charge < -0.3 is 9.72 Å². The summed E-state index contributed by atoms with van der Waals surface area (Å²) in [6.07, 6.45) is 0. The molecule has 6 heteroatoms. The van der Waals surface area contributed by atoms with Gasteiger partial charge in [0.1, 0.15) is 0 Å². The highest BCUT2D eigenvalue weighted by Gasteiger charge is 1.98. The van der Waals surface area contributed by atoms with Crippen molar-refractivity contribution >= 4 is 24.4 Å². The number of aromatic nitrogens is 3. The quantitative estimate of drug-likeness (QED) is 0.762. The average Bonchev–Trinajstić information content (AvgIpc) is 1.99. The molecule has 0 radical (unpaired) electrons. The largest absolute Gasteiger partial charge is 0.464 e. The van der Waals surface area contributed by atoms with Crippen LogP contribution in [0.3, 0.4) is 0 Å². The summed E-state index contributed by atoms with van der Waals surface area (Å²) in [6.45, 7) is 4.70. The molecule has 0 aliphatic rings. The Morgan fingerprint density at radius 3 is 2.62 bits per heavy atom. The van der Waals surface area contributed by atoms with Crippen LogP contribution in [0.2, 0.25) is 0 Å². The lowest BCUT2D eigenvalue weighted by molar-refractivity contribution is 0.249.